The highest BCUT2D eigenvalue weighted by Crippen LogP contribution is 2.24. The number of morpholine rings is 1. The molecule has 1 aliphatic heterocycles. The van der Waals surface area contributed by atoms with E-state index in [2.05, 4.69) is 4.98 Å². The molecule has 1 aliphatic rings. The summed E-state index contributed by atoms with van der Waals surface area (Å²) in [5, 5.41) is 9.00. The van der Waals surface area contributed by atoms with Crippen molar-refractivity contribution in [1.82, 2.24) is 9.88 Å². The van der Waals surface area contributed by atoms with E-state index >= 15 is 0 Å². The third kappa shape index (κ3) is 4.06. The Morgan fingerprint density at radius 3 is 2.80 bits per heavy atom. The Bertz CT molecular complexity index is 756. The molecule has 7 nitrogen and oxygen atoms in total. The van der Waals surface area contributed by atoms with Crippen LogP contribution in [0.1, 0.15) is 18.0 Å². The highest BCUT2D eigenvalue weighted by atomic mass is 16.5. The standard InChI is InChI=1S/C18H20N2O5/c1-12-17(13-5-3-2-4-6-13)25-15(19-12)7-8-16(21)20-9-10-24-14(11-20)18(22)23/h2-6,14H,7-11H2,1H3,(H,22,23)/t14-/m1/s1. The van der Waals surface area contributed by atoms with Crippen LogP contribution in [0.4, 0.5) is 0 Å². The van der Waals surface area contributed by atoms with Gasteiger partial charge in [-0.2, -0.15) is 0 Å². The fourth-order valence-electron chi connectivity index (χ4n) is 2.81. The lowest BCUT2D eigenvalue weighted by Crippen LogP contribution is -2.48. The number of oxazole rings is 1. The van der Waals surface area contributed by atoms with Gasteiger partial charge in [-0.1, -0.05) is 30.3 Å². The van der Waals surface area contributed by atoms with E-state index in [1.807, 2.05) is 37.3 Å². The zero-order chi connectivity index (χ0) is 17.8. The van der Waals surface area contributed by atoms with E-state index in [9.17, 15) is 9.59 Å². The van der Waals surface area contributed by atoms with Crippen molar-refractivity contribution in [3.8, 4) is 11.3 Å². The second-order valence-corrected chi connectivity index (χ2v) is 5.93. The van der Waals surface area contributed by atoms with Crippen LogP contribution in [-0.4, -0.2) is 52.7 Å². The number of hydrogen-bond acceptors (Lipinski definition) is 5. The number of rotatable bonds is 5. The molecule has 0 bridgehead atoms. The summed E-state index contributed by atoms with van der Waals surface area (Å²) in [5.41, 5.74) is 1.73. The van der Waals surface area contributed by atoms with Gasteiger partial charge in [0.25, 0.3) is 0 Å². The van der Waals surface area contributed by atoms with Crippen molar-refractivity contribution in [1.29, 1.82) is 0 Å². The molecule has 3 rings (SSSR count). The number of ether oxygens (including phenoxy) is 1. The van der Waals surface area contributed by atoms with Crippen molar-refractivity contribution >= 4 is 11.9 Å². The van der Waals surface area contributed by atoms with Crippen LogP contribution in [-0.2, 0) is 20.7 Å². The molecular formula is C18H20N2O5. The number of nitrogens with zero attached hydrogens (tertiary/aromatic N) is 2. The lowest BCUT2D eigenvalue weighted by Gasteiger charge is -2.30. The SMILES string of the molecule is Cc1nc(CCC(=O)N2CCO[C@@H](C(=O)O)C2)oc1-c1ccccc1. The monoisotopic (exact) mass is 344 g/mol. The molecule has 0 saturated carbocycles. The maximum Gasteiger partial charge on any atom is 0.334 e. The third-order valence-electron chi connectivity index (χ3n) is 4.12. The van der Waals surface area contributed by atoms with Gasteiger partial charge >= 0.3 is 5.97 Å². The molecule has 0 spiro atoms. The van der Waals surface area contributed by atoms with Gasteiger partial charge in [0.1, 0.15) is 0 Å². The Hall–Kier alpha value is -2.67. The highest BCUT2D eigenvalue weighted by Gasteiger charge is 2.28. The molecular weight excluding hydrogens is 324 g/mol. The van der Waals surface area contributed by atoms with Gasteiger partial charge in [-0.25, -0.2) is 9.78 Å². The van der Waals surface area contributed by atoms with Crippen LogP contribution < -0.4 is 0 Å². The molecule has 0 aliphatic carbocycles. The van der Waals surface area contributed by atoms with E-state index in [-0.39, 0.29) is 25.5 Å². The molecule has 1 amide bonds. The predicted molar refractivity (Wildman–Crippen MR) is 89.0 cm³/mol. The van der Waals surface area contributed by atoms with Gasteiger partial charge in [-0.05, 0) is 6.92 Å². The number of carbonyl (C=O) groups excluding carboxylic acids is 1. The van der Waals surface area contributed by atoms with Crippen molar-refractivity contribution in [3.05, 3.63) is 41.9 Å². The molecule has 1 atom stereocenters. The van der Waals surface area contributed by atoms with Gasteiger partial charge in [0, 0.05) is 24.9 Å². The Balaban J connectivity index is 1.60. The number of carboxylic acid groups (broad SMARTS) is 1. The Morgan fingerprint density at radius 1 is 1.32 bits per heavy atom. The van der Waals surface area contributed by atoms with Gasteiger partial charge in [-0.3, -0.25) is 4.79 Å². The van der Waals surface area contributed by atoms with Crippen molar-refractivity contribution < 1.29 is 23.8 Å². The van der Waals surface area contributed by atoms with E-state index < -0.39 is 12.1 Å². The average Bonchev–Trinajstić information content (AvgIpc) is 3.01. The fraction of sp³-hybridized carbons (Fsp3) is 0.389. The van der Waals surface area contributed by atoms with Gasteiger partial charge < -0.3 is 19.2 Å². The van der Waals surface area contributed by atoms with Gasteiger partial charge in [-0.15, -0.1) is 0 Å². The molecule has 1 N–H and O–H groups in total. The molecule has 0 radical (unpaired) electrons. The first-order valence-corrected chi connectivity index (χ1v) is 8.18. The summed E-state index contributed by atoms with van der Waals surface area (Å²) in [6.07, 6.45) is -0.353. The summed E-state index contributed by atoms with van der Waals surface area (Å²) in [4.78, 5) is 29.2. The fourth-order valence-corrected chi connectivity index (χ4v) is 2.81. The topological polar surface area (TPSA) is 92.9 Å². The first kappa shape index (κ1) is 17.2. The zero-order valence-electron chi connectivity index (χ0n) is 14.0. The second kappa shape index (κ2) is 7.48. The van der Waals surface area contributed by atoms with Crippen LogP contribution in [0.25, 0.3) is 11.3 Å². The van der Waals surface area contributed by atoms with Crippen molar-refractivity contribution in [2.45, 2.75) is 25.9 Å². The number of aliphatic carboxylic acids is 1. The van der Waals surface area contributed by atoms with Crippen LogP contribution in [0.3, 0.4) is 0 Å². The van der Waals surface area contributed by atoms with Crippen LogP contribution >= 0.6 is 0 Å². The summed E-state index contributed by atoms with van der Waals surface area (Å²) < 4.78 is 10.9. The third-order valence-corrected chi connectivity index (χ3v) is 4.12. The van der Waals surface area contributed by atoms with Crippen LogP contribution in [0.5, 0.6) is 0 Å². The first-order valence-electron chi connectivity index (χ1n) is 8.18. The van der Waals surface area contributed by atoms with Gasteiger partial charge in [0.05, 0.1) is 18.8 Å². The van der Waals surface area contributed by atoms with Crippen molar-refractivity contribution in [3.63, 3.8) is 0 Å². The number of amides is 1. The van der Waals surface area contributed by atoms with E-state index in [0.29, 0.717) is 24.6 Å². The summed E-state index contributed by atoms with van der Waals surface area (Å²) in [5.74, 6) is 0.0492. The molecule has 2 heterocycles. The Labute approximate surface area is 145 Å². The molecule has 1 saturated heterocycles. The van der Waals surface area contributed by atoms with Crippen LogP contribution in [0, 0.1) is 6.92 Å². The second-order valence-electron chi connectivity index (χ2n) is 5.93. The summed E-state index contributed by atoms with van der Waals surface area (Å²) in [6, 6.07) is 9.68. The minimum atomic E-state index is -1.05. The lowest BCUT2D eigenvalue weighted by atomic mass is 10.1. The van der Waals surface area contributed by atoms with Gasteiger partial charge in [0.15, 0.2) is 17.8 Å². The van der Waals surface area contributed by atoms with Crippen LogP contribution in [0.15, 0.2) is 34.7 Å². The maximum atomic E-state index is 12.3. The molecule has 0 unspecified atom stereocenters. The minimum Gasteiger partial charge on any atom is -0.479 e. The lowest BCUT2D eigenvalue weighted by molar-refractivity contribution is -0.159. The number of benzene rings is 1. The molecule has 25 heavy (non-hydrogen) atoms. The predicted octanol–water partition coefficient (Wildman–Crippen LogP) is 1.89. The van der Waals surface area contributed by atoms with E-state index in [1.165, 1.54) is 4.90 Å². The van der Waals surface area contributed by atoms with E-state index in [0.717, 1.165) is 11.3 Å². The quantitative estimate of drug-likeness (QED) is 0.890. The number of carbonyl (C=O) groups is 2. The van der Waals surface area contributed by atoms with E-state index in [4.69, 9.17) is 14.3 Å². The Kier molecular flexibility index (Phi) is 5.14. The summed E-state index contributed by atoms with van der Waals surface area (Å²) in [7, 11) is 0. The van der Waals surface area contributed by atoms with Crippen molar-refractivity contribution in [2.75, 3.05) is 19.7 Å². The molecule has 2 aromatic rings. The van der Waals surface area contributed by atoms with E-state index in [1.54, 1.807) is 0 Å². The molecule has 132 valence electrons. The Morgan fingerprint density at radius 2 is 2.08 bits per heavy atom. The molecule has 7 heteroatoms. The van der Waals surface area contributed by atoms with Crippen LogP contribution in [0.2, 0.25) is 0 Å². The average molecular weight is 344 g/mol. The molecule has 1 fully saturated rings. The number of aryl methyl sites for hydroxylation is 2. The van der Waals surface area contributed by atoms with Gasteiger partial charge in [0.2, 0.25) is 5.91 Å². The molecule has 1 aromatic carbocycles. The highest BCUT2D eigenvalue weighted by molar-refractivity contribution is 5.78. The number of carboxylic acids is 1. The number of aromatic nitrogens is 1. The smallest absolute Gasteiger partial charge is 0.334 e. The normalized spacial score (nSPS) is 17.5. The first-order chi connectivity index (χ1) is 12.0. The minimum absolute atomic E-state index is 0.0774. The van der Waals surface area contributed by atoms with Crippen molar-refractivity contribution in [2.24, 2.45) is 0 Å². The largest absolute Gasteiger partial charge is 0.479 e. The number of hydrogen-bond donors (Lipinski definition) is 1. The zero-order valence-corrected chi connectivity index (χ0v) is 14.0. The molecule has 1 aromatic heterocycles. The summed E-state index contributed by atoms with van der Waals surface area (Å²) >= 11 is 0. The summed E-state index contributed by atoms with van der Waals surface area (Å²) in [6.45, 7) is 2.59. The maximum absolute atomic E-state index is 12.3.